The van der Waals surface area contributed by atoms with Crippen LogP contribution >= 0.6 is 11.8 Å². The minimum Gasteiger partial charge on any atom is -0.401 e. The molecule has 0 radical (unpaired) electrons. The lowest BCUT2D eigenvalue weighted by Crippen LogP contribution is -2.10. The molecule has 0 aromatic heterocycles. The van der Waals surface area contributed by atoms with Crippen LogP contribution in [0.15, 0.2) is 35.5 Å². The molecule has 0 heterocycles. The average Bonchev–Trinajstić information content (AvgIpc) is 2.32. The Bertz CT molecular complexity index is 511. The van der Waals surface area contributed by atoms with Crippen molar-refractivity contribution in [2.24, 2.45) is 5.73 Å². The second-order valence-electron chi connectivity index (χ2n) is 4.01. The lowest BCUT2D eigenvalue weighted by atomic mass is 10.1. The first-order valence-electron chi connectivity index (χ1n) is 5.58. The molecular formula is C14H16N2OS. The van der Waals surface area contributed by atoms with Gasteiger partial charge in [-0.3, -0.25) is 4.79 Å². The summed E-state index contributed by atoms with van der Waals surface area (Å²) in [5.74, 6) is 0.850. The van der Waals surface area contributed by atoms with E-state index in [-0.39, 0.29) is 17.1 Å². The Balaban J connectivity index is 2.54. The van der Waals surface area contributed by atoms with Crippen LogP contribution in [0.5, 0.6) is 0 Å². The van der Waals surface area contributed by atoms with Crippen LogP contribution in [0.1, 0.15) is 18.1 Å². The molecule has 0 aliphatic rings. The first kappa shape index (κ1) is 14.3. The van der Waals surface area contributed by atoms with Gasteiger partial charge in [0.15, 0.2) is 5.78 Å². The topological polar surface area (TPSA) is 66.9 Å². The third-order valence-electron chi connectivity index (χ3n) is 2.54. The minimum absolute atomic E-state index is 0.0762. The highest BCUT2D eigenvalue weighted by atomic mass is 32.2. The van der Waals surface area contributed by atoms with Gasteiger partial charge in [-0.05, 0) is 25.0 Å². The van der Waals surface area contributed by atoms with E-state index in [1.54, 1.807) is 6.92 Å². The van der Waals surface area contributed by atoms with Crippen molar-refractivity contribution < 1.29 is 4.79 Å². The van der Waals surface area contributed by atoms with Crippen molar-refractivity contribution in [1.29, 1.82) is 5.26 Å². The van der Waals surface area contributed by atoms with Gasteiger partial charge >= 0.3 is 0 Å². The summed E-state index contributed by atoms with van der Waals surface area (Å²) in [4.78, 5) is 11.7. The predicted octanol–water partition coefficient (Wildman–Crippen LogP) is 2.55. The van der Waals surface area contributed by atoms with Gasteiger partial charge in [0, 0.05) is 11.4 Å². The van der Waals surface area contributed by atoms with Gasteiger partial charge in [-0.15, -0.1) is 11.8 Å². The number of nitriles is 1. The summed E-state index contributed by atoms with van der Waals surface area (Å²) in [7, 11) is 0. The maximum atomic E-state index is 11.7. The van der Waals surface area contributed by atoms with Crippen LogP contribution in [-0.4, -0.2) is 11.5 Å². The molecule has 0 saturated heterocycles. The zero-order chi connectivity index (χ0) is 13.5. The Hall–Kier alpha value is -1.73. The molecule has 18 heavy (non-hydrogen) atoms. The fourth-order valence-corrected chi connectivity index (χ4v) is 2.44. The van der Waals surface area contributed by atoms with E-state index in [1.165, 1.54) is 22.9 Å². The number of hydrogen-bond donors (Lipinski definition) is 1. The van der Waals surface area contributed by atoms with Gasteiger partial charge in [-0.25, -0.2) is 0 Å². The molecule has 94 valence electrons. The fraction of sp³-hybridized carbons (Fsp3) is 0.286. The number of carbonyl (C=O) groups excluding carboxylic acids is 1. The van der Waals surface area contributed by atoms with Gasteiger partial charge in [0.25, 0.3) is 0 Å². The molecule has 0 amide bonds. The van der Waals surface area contributed by atoms with Gasteiger partial charge in [-0.1, -0.05) is 24.3 Å². The van der Waals surface area contributed by atoms with Crippen LogP contribution < -0.4 is 5.73 Å². The number of allylic oxidation sites excluding steroid dienone is 2. The summed E-state index contributed by atoms with van der Waals surface area (Å²) in [6.45, 7) is 3.62. The number of rotatable bonds is 5. The van der Waals surface area contributed by atoms with Crippen LogP contribution in [0.2, 0.25) is 0 Å². The summed E-state index contributed by atoms with van der Waals surface area (Å²) in [6, 6.07) is 9.91. The molecule has 4 heteroatoms. The van der Waals surface area contributed by atoms with E-state index in [9.17, 15) is 4.79 Å². The highest BCUT2D eigenvalue weighted by molar-refractivity contribution is 7.99. The number of Topliss-reactive ketones (excluding diaryl/α,β-unsaturated/α-hetero) is 1. The largest absolute Gasteiger partial charge is 0.401 e. The number of aryl methyl sites for hydroxylation is 1. The number of ketones is 1. The maximum absolute atomic E-state index is 11.7. The normalized spacial score (nSPS) is 11.6. The number of nitrogens with two attached hydrogens (primary N) is 1. The van der Waals surface area contributed by atoms with Gasteiger partial charge in [0.2, 0.25) is 0 Å². The summed E-state index contributed by atoms with van der Waals surface area (Å²) >= 11 is 1.50. The number of hydrogen-bond acceptors (Lipinski definition) is 4. The summed E-state index contributed by atoms with van der Waals surface area (Å²) in [5, 5.41) is 8.81. The van der Waals surface area contributed by atoms with E-state index in [1.807, 2.05) is 37.3 Å². The molecule has 0 fully saturated rings. The van der Waals surface area contributed by atoms with E-state index in [2.05, 4.69) is 0 Å². The van der Waals surface area contributed by atoms with E-state index in [4.69, 9.17) is 11.0 Å². The van der Waals surface area contributed by atoms with Crippen molar-refractivity contribution >= 4 is 17.5 Å². The van der Waals surface area contributed by atoms with Crippen molar-refractivity contribution in [2.45, 2.75) is 19.6 Å². The van der Waals surface area contributed by atoms with Crippen molar-refractivity contribution in [2.75, 3.05) is 5.75 Å². The zero-order valence-electron chi connectivity index (χ0n) is 10.6. The first-order valence-corrected chi connectivity index (χ1v) is 6.73. The molecule has 2 N–H and O–H groups in total. The highest BCUT2D eigenvalue weighted by Crippen LogP contribution is 2.17. The second kappa shape index (κ2) is 6.87. The van der Waals surface area contributed by atoms with Crippen LogP contribution in [0.4, 0.5) is 0 Å². The molecule has 0 spiro atoms. The third kappa shape index (κ3) is 3.94. The van der Waals surface area contributed by atoms with E-state index < -0.39 is 0 Å². The van der Waals surface area contributed by atoms with Gasteiger partial charge < -0.3 is 5.73 Å². The second-order valence-corrected chi connectivity index (χ2v) is 5.00. The smallest absolute Gasteiger partial charge is 0.184 e. The zero-order valence-corrected chi connectivity index (χ0v) is 11.4. The molecule has 1 aromatic carbocycles. The monoisotopic (exact) mass is 260 g/mol. The Morgan fingerprint density at radius 1 is 1.44 bits per heavy atom. The Morgan fingerprint density at radius 3 is 2.67 bits per heavy atom. The van der Waals surface area contributed by atoms with Crippen molar-refractivity contribution in [3.05, 3.63) is 46.7 Å². The molecule has 0 atom stereocenters. The molecule has 1 rings (SSSR count). The standard InChI is InChI=1S/C14H16N2OS/c1-10-5-3-4-6-12(10)8-18-9-14(17)13(7-15)11(2)16/h3-6H,8-9,16H2,1-2H3/b13-11+. The molecule has 3 nitrogen and oxygen atoms in total. The van der Waals surface area contributed by atoms with Crippen molar-refractivity contribution in [1.82, 2.24) is 0 Å². The predicted molar refractivity (Wildman–Crippen MR) is 74.8 cm³/mol. The lowest BCUT2D eigenvalue weighted by Gasteiger charge is -2.05. The Kier molecular flexibility index (Phi) is 5.47. The highest BCUT2D eigenvalue weighted by Gasteiger charge is 2.11. The third-order valence-corrected chi connectivity index (χ3v) is 3.52. The molecule has 0 unspecified atom stereocenters. The average molecular weight is 260 g/mol. The summed E-state index contributed by atoms with van der Waals surface area (Å²) < 4.78 is 0. The van der Waals surface area contributed by atoms with Crippen LogP contribution in [-0.2, 0) is 10.5 Å². The summed E-state index contributed by atoms with van der Waals surface area (Å²) in [5.41, 5.74) is 8.27. The number of carbonyl (C=O) groups is 1. The maximum Gasteiger partial charge on any atom is 0.184 e. The Morgan fingerprint density at radius 2 is 2.11 bits per heavy atom. The minimum atomic E-state index is -0.198. The molecule has 0 bridgehead atoms. The van der Waals surface area contributed by atoms with Gasteiger partial charge in [0.1, 0.15) is 11.6 Å². The van der Waals surface area contributed by atoms with Crippen LogP contribution in [0, 0.1) is 18.3 Å². The van der Waals surface area contributed by atoms with E-state index in [0.29, 0.717) is 5.70 Å². The summed E-state index contributed by atoms with van der Waals surface area (Å²) in [6.07, 6.45) is 0. The lowest BCUT2D eigenvalue weighted by molar-refractivity contribution is -0.112. The molecule has 0 aliphatic heterocycles. The molecule has 1 aromatic rings. The van der Waals surface area contributed by atoms with Gasteiger partial charge in [0.05, 0.1) is 5.75 Å². The quantitative estimate of drug-likeness (QED) is 0.652. The molecule has 0 aliphatic carbocycles. The fourth-order valence-electron chi connectivity index (χ4n) is 1.47. The van der Waals surface area contributed by atoms with Crippen LogP contribution in [0.3, 0.4) is 0 Å². The van der Waals surface area contributed by atoms with E-state index in [0.717, 1.165) is 5.75 Å². The SMILES string of the molecule is C/C(N)=C(/C#N)C(=O)CSCc1ccccc1C. The van der Waals surface area contributed by atoms with E-state index >= 15 is 0 Å². The number of nitrogens with zero attached hydrogens (tertiary/aromatic N) is 1. The molecular weight excluding hydrogens is 244 g/mol. The van der Waals surface area contributed by atoms with Gasteiger partial charge in [-0.2, -0.15) is 5.26 Å². The number of benzene rings is 1. The van der Waals surface area contributed by atoms with Crippen LogP contribution in [0.25, 0.3) is 0 Å². The number of thioether (sulfide) groups is 1. The molecule has 0 saturated carbocycles. The Labute approximate surface area is 112 Å². The first-order chi connectivity index (χ1) is 8.56. The van der Waals surface area contributed by atoms with Crippen molar-refractivity contribution in [3.8, 4) is 6.07 Å². The van der Waals surface area contributed by atoms with Crippen molar-refractivity contribution in [3.63, 3.8) is 0 Å².